The van der Waals surface area contributed by atoms with Crippen molar-refractivity contribution in [2.45, 2.75) is 18.9 Å². The number of anilines is 2. The largest absolute Gasteiger partial charge is 0.371 e. The van der Waals surface area contributed by atoms with Crippen LogP contribution >= 0.6 is 0 Å². The molecule has 6 heteroatoms. The fraction of sp³-hybridized carbons (Fsp3) is 0.333. The van der Waals surface area contributed by atoms with E-state index < -0.39 is 0 Å². The molecule has 0 atom stereocenters. The van der Waals surface area contributed by atoms with E-state index in [1.165, 1.54) is 24.1 Å². The van der Waals surface area contributed by atoms with E-state index in [-0.39, 0.29) is 5.91 Å². The van der Waals surface area contributed by atoms with E-state index in [0.29, 0.717) is 11.6 Å². The van der Waals surface area contributed by atoms with Gasteiger partial charge in [-0.2, -0.15) is 0 Å². The Morgan fingerprint density at radius 1 is 0.917 bits per heavy atom. The molecule has 1 N–H and O–H groups in total. The quantitative estimate of drug-likeness (QED) is 0.533. The van der Waals surface area contributed by atoms with Crippen LogP contribution in [-0.2, 0) is 0 Å². The van der Waals surface area contributed by atoms with Crippen LogP contribution < -0.4 is 10.2 Å². The lowest BCUT2D eigenvalue weighted by Crippen LogP contribution is -2.53. The van der Waals surface area contributed by atoms with Gasteiger partial charge in [-0.3, -0.25) is 19.6 Å². The highest BCUT2D eigenvalue weighted by Crippen LogP contribution is 2.26. The molecular weight excluding hydrogens is 446 g/mol. The normalized spacial score (nSPS) is 17.9. The Morgan fingerprint density at radius 3 is 2.47 bits per heavy atom. The van der Waals surface area contributed by atoms with Gasteiger partial charge in [0.2, 0.25) is 0 Å². The van der Waals surface area contributed by atoms with E-state index in [9.17, 15) is 4.79 Å². The average Bonchev–Trinajstić information content (AvgIpc) is 2.95. The molecule has 0 spiro atoms. The molecule has 1 amide bonds. The number of benzene rings is 2. The summed E-state index contributed by atoms with van der Waals surface area (Å²) in [5.41, 5.74) is 3.83. The minimum absolute atomic E-state index is 0.131. The molecule has 0 aliphatic carbocycles. The third-order valence-electron chi connectivity index (χ3n) is 7.25. The van der Waals surface area contributed by atoms with Gasteiger partial charge in [-0.15, -0.1) is 0 Å². The summed E-state index contributed by atoms with van der Waals surface area (Å²) in [4.78, 5) is 24.2. The number of aromatic nitrogens is 1. The van der Waals surface area contributed by atoms with Gasteiger partial charge in [0.15, 0.2) is 0 Å². The molecule has 6 nitrogen and oxygen atoms in total. The summed E-state index contributed by atoms with van der Waals surface area (Å²) in [6.45, 7) is 7.69. The van der Waals surface area contributed by atoms with Crippen molar-refractivity contribution >= 4 is 23.4 Å². The fourth-order valence-electron chi connectivity index (χ4n) is 5.18. The number of pyridine rings is 1. The number of rotatable bonds is 7. The van der Waals surface area contributed by atoms with E-state index in [1.54, 1.807) is 24.5 Å². The lowest BCUT2D eigenvalue weighted by Gasteiger charge is -2.43. The first-order valence-corrected chi connectivity index (χ1v) is 13.0. The summed E-state index contributed by atoms with van der Waals surface area (Å²) in [6, 6.07) is 22.9. The van der Waals surface area contributed by atoms with Crippen molar-refractivity contribution < 1.29 is 4.79 Å². The highest BCUT2D eigenvalue weighted by Gasteiger charge is 2.27. The van der Waals surface area contributed by atoms with Crippen molar-refractivity contribution in [2.24, 2.45) is 0 Å². The highest BCUT2D eigenvalue weighted by molar-refractivity contribution is 6.04. The number of amides is 1. The Labute approximate surface area is 214 Å². The van der Waals surface area contributed by atoms with Gasteiger partial charge >= 0.3 is 0 Å². The second-order valence-electron chi connectivity index (χ2n) is 9.61. The number of piperazine rings is 1. The number of piperidine rings is 1. The zero-order valence-electron chi connectivity index (χ0n) is 20.8. The number of nitrogens with zero attached hydrogens (tertiary/aromatic N) is 4. The van der Waals surface area contributed by atoms with Crippen LogP contribution in [0.5, 0.6) is 0 Å². The molecule has 2 saturated heterocycles. The summed E-state index contributed by atoms with van der Waals surface area (Å²) in [5, 5.41) is 3.00. The molecule has 0 bridgehead atoms. The molecule has 36 heavy (non-hydrogen) atoms. The van der Waals surface area contributed by atoms with Crippen molar-refractivity contribution in [3.05, 3.63) is 96.3 Å². The first-order valence-electron chi connectivity index (χ1n) is 13.0. The fourth-order valence-corrected chi connectivity index (χ4v) is 5.18. The first kappa shape index (κ1) is 24.2. The Morgan fingerprint density at radius 2 is 1.72 bits per heavy atom. The zero-order chi connectivity index (χ0) is 24.6. The zero-order valence-corrected chi connectivity index (χ0v) is 20.8. The summed E-state index contributed by atoms with van der Waals surface area (Å²) >= 11 is 0. The van der Waals surface area contributed by atoms with Crippen LogP contribution in [0.1, 0.15) is 28.8 Å². The van der Waals surface area contributed by atoms with Crippen molar-refractivity contribution in [2.75, 3.05) is 56.0 Å². The minimum atomic E-state index is -0.131. The summed E-state index contributed by atoms with van der Waals surface area (Å²) in [5.74, 6) is -0.131. The van der Waals surface area contributed by atoms with Crippen LogP contribution in [0.15, 0.2) is 85.2 Å². The second-order valence-corrected chi connectivity index (χ2v) is 9.61. The maximum absolute atomic E-state index is 12.5. The Balaban J connectivity index is 1.07. The molecular formula is C30H35N5O. The second kappa shape index (κ2) is 12.0. The molecule has 2 aliphatic rings. The van der Waals surface area contributed by atoms with Crippen LogP contribution in [0.2, 0.25) is 0 Å². The molecule has 3 heterocycles. The monoisotopic (exact) mass is 481 g/mol. The minimum Gasteiger partial charge on any atom is -0.371 e. The number of hydrogen-bond acceptors (Lipinski definition) is 5. The highest BCUT2D eigenvalue weighted by atomic mass is 16.1. The maximum atomic E-state index is 12.5. The smallest absolute Gasteiger partial charge is 0.257 e. The standard InChI is InChI=1S/C30H35N5O/c36-30(26-10-5-15-31-24-26)32-27-11-4-12-29(23-27)34-17-13-28(14-18-34)35-21-19-33(20-22-35)16-6-9-25-7-2-1-3-8-25/h1-12,15,23-24,28H,13-14,16-22H2,(H,32,36). The molecule has 2 aromatic carbocycles. The Hall–Kier alpha value is -3.48. The third-order valence-corrected chi connectivity index (χ3v) is 7.25. The van der Waals surface area contributed by atoms with Crippen LogP contribution in [0.3, 0.4) is 0 Å². The molecule has 1 aromatic heterocycles. The molecule has 2 fully saturated rings. The molecule has 0 unspecified atom stereocenters. The lowest BCUT2D eigenvalue weighted by molar-refractivity contribution is 0.0911. The molecule has 186 valence electrons. The van der Waals surface area contributed by atoms with Gasteiger partial charge in [-0.25, -0.2) is 0 Å². The summed E-state index contributed by atoms with van der Waals surface area (Å²) in [7, 11) is 0. The van der Waals surface area contributed by atoms with Gasteiger partial charge in [0.25, 0.3) is 5.91 Å². The third kappa shape index (κ3) is 6.39. The van der Waals surface area contributed by atoms with Crippen molar-refractivity contribution in [1.29, 1.82) is 0 Å². The maximum Gasteiger partial charge on any atom is 0.257 e. The Bertz CT molecular complexity index is 1130. The van der Waals surface area contributed by atoms with Crippen LogP contribution in [0.4, 0.5) is 11.4 Å². The van der Waals surface area contributed by atoms with Crippen LogP contribution in [0.25, 0.3) is 6.08 Å². The molecule has 0 radical (unpaired) electrons. The average molecular weight is 482 g/mol. The predicted molar refractivity (Wildman–Crippen MR) is 147 cm³/mol. The topological polar surface area (TPSA) is 51.7 Å². The first-order chi connectivity index (χ1) is 17.7. The number of hydrogen-bond donors (Lipinski definition) is 1. The molecule has 2 aliphatic heterocycles. The molecule has 3 aromatic rings. The van der Waals surface area contributed by atoms with E-state index in [4.69, 9.17) is 0 Å². The lowest BCUT2D eigenvalue weighted by atomic mass is 10.0. The van der Waals surface area contributed by atoms with Crippen LogP contribution in [0, 0.1) is 0 Å². The predicted octanol–water partition coefficient (Wildman–Crippen LogP) is 4.63. The van der Waals surface area contributed by atoms with E-state index >= 15 is 0 Å². The van der Waals surface area contributed by atoms with E-state index in [2.05, 4.69) is 79.6 Å². The van der Waals surface area contributed by atoms with Gasteiger partial charge in [-0.05, 0) is 48.7 Å². The SMILES string of the molecule is O=C(Nc1cccc(N2CCC(N3CCN(CC=Cc4ccccc4)CC3)CC2)c1)c1cccnc1. The molecule has 5 rings (SSSR count). The van der Waals surface area contributed by atoms with Gasteiger partial charge < -0.3 is 10.2 Å². The van der Waals surface area contributed by atoms with E-state index in [1.807, 2.05) is 12.1 Å². The number of carbonyl (C=O) groups is 1. The van der Waals surface area contributed by atoms with Gasteiger partial charge in [-0.1, -0.05) is 48.6 Å². The van der Waals surface area contributed by atoms with Gasteiger partial charge in [0.05, 0.1) is 5.56 Å². The van der Waals surface area contributed by atoms with Crippen LogP contribution in [-0.4, -0.2) is 72.5 Å². The van der Waals surface area contributed by atoms with Crippen molar-refractivity contribution in [3.8, 4) is 0 Å². The van der Waals surface area contributed by atoms with Crippen molar-refractivity contribution in [3.63, 3.8) is 0 Å². The summed E-state index contributed by atoms with van der Waals surface area (Å²) < 4.78 is 0. The van der Waals surface area contributed by atoms with Gasteiger partial charge in [0, 0.05) is 75.6 Å². The number of nitrogens with one attached hydrogen (secondary N) is 1. The molecule has 0 saturated carbocycles. The summed E-state index contributed by atoms with van der Waals surface area (Å²) in [6.07, 6.45) is 10.1. The number of carbonyl (C=O) groups excluding carboxylic acids is 1. The van der Waals surface area contributed by atoms with Crippen molar-refractivity contribution in [1.82, 2.24) is 14.8 Å². The van der Waals surface area contributed by atoms with E-state index in [0.717, 1.165) is 51.5 Å². The Kier molecular flexibility index (Phi) is 8.06. The van der Waals surface area contributed by atoms with Gasteiger partial charge in [0.1, 0.15) is 0 Å².